The molecule has 0 saturated heterocycles. The third-order valence-corrected chi connectivity index (χ3v) is 2.51. The normalized spacial score (nSPS) is 13.3. The van der Waals surface area contributed by atoms with Crippen molar-refractivity contribution in [1.82, 2.24) is 10.6 Å². The van der Waals surface area contributed by atoms with Crippen LogP contribution in [0.3, 0.4) is 0 Å². The monoisotopic (exact) mass is 276 g/mol. The largest absolute Gasteiger partial charge is 0.573 e. The molecule has 1 aromatic rings. The van der Waals surface area contributed by atoms with Crippen molar-refractivity contribution in [3.8, 4) is 5.75 Å². The average molecular weight is 276 g/mol. The van der Waals surface area contributed by atoms with E-state index in [9.17, 15) is 13.2 Å². The Morgan fingerprint density at radius 2 is 1.84 bits per heavy atom. The quantitative estimate of drug-likeness (QED) is 0.803. The third-order valence-electron chi connectivity index (χ3n) is 2.51. The summed E-state index contributed by atoms with van der Waals surface area (Å²) >= 11 is 0. The second-order valence-electron chi connectivity index (χ2n) is 4.28. The van der Waals surface area contributed by atoms with Crippen LogP contribution in [-0.2, 0) is 6.54 Å². The molecule has 0 fully saturated rings. The van der Waals surface area contributed by atoms with Crippen LogP contribution in [0, 0.1) is 0 Å². The summed E-state index contributed by atoms with van der Waals surface area (Å²) in [5.74, 6) is -0.197. The van der Waals surface area contributed by atoms with Crippen molar-refractivity contribution in [1.29, 1.82) is 0 Å². The van der Waals surface area contributed by atoms with Crippen molar-refractivity contribution < 1.29 is 17.9 Å². The molecule has 0 amide bonds. The van der Waals surface area contributed by atoms with E-state index < -0.39 is 6.36 Å². The van der Waals surface area contributed by atoms with Crippen LogP contribution in [-0.4, -0.2) is 25.5 Å². The topological polar surface area (TPSA) is 33.3 Å². The average Bonchev–Trinajstić information content (AvgIpc) is 2.33. The molecule has 2 N–H and O–H groups in total. The number of hydrogen-bond acceptors (Lipinski definition) is 3. The standard InChI is InChI=1S/C13H19F3N2O/c1-3-17-8-10(2)18-9-11-4-6-12(7-5-11)19-13(14,15)16/h4-7,10,17-18H,3,8-9H2,1-2H3. The fourth-order valence-electron chi connectivity index (χ4n) is 1.53. The highest BCUT2D eigenvalue weighted by atomic mass is 19.4. The number of likely N-dealkylation sites (N-methyl/N-ethyl adjacent to an activating group) is 1. The van der Waals surface area contributed by atoms with Crippen LogP contribution in [0.25, 0.3) is 0 Å². The zero-order valence-electron chi connectivity index (χ0n) is 11.1. The smallest absolute Gasteiger partial charge is 0.406 e. The Hall–Kier alpha value is -1.27. The molecule has 0 aromatic heterocycles. The van der Waals surface area contributed by atoms with Crippen LogP contribution in [0.1, 0.15) is 19.4 Å². The molecule has 0 radical (unpaired) electrons. The van der Waals surface area contributed by atoms with Crippen LogP contribution >= 0.6 is 0 Å². The van der Waals surface area contributed by atoms with Crippen LogP contribution in [0.4, 0.5) is 13.2 Å². The summed E-state index contributed by atoms with van der Waals surface area (Å²) < 4.78 is 39.7. The van der Waals surface area contributed by atoms with Gasteiger partial charge in [0, 0.05) is 19.1 Å². The highest BCUT2D eigenvalue weighted by molar-refractivity contribution is 5.27. The summed E-state index contributed by atoms with van der Waals surface area (Å²) in [6, 6.07) is 6.17. The van der Waals surface area contributed by atoms with Crippen molar-refractivity contribution in [2.24, 2.45) is 0 Å². The molecule has 0 spiro atoms. The van der Waals surface area contributed by atoms with Crippen LogP contribution in [0.15, 0.2) is 24.3 Å². The summed E-state index contributed by atoms with van der Waals surface area (Å²) in [5.41, 5.74) is 0.915. The van der Waals surface area contributed by atoms with Gasteiger partial charge in [0.05, 0.1) is 0 Å². The highest BCUT2D eigenvalue weighted by Crippen LogP contribution is 2.22. The fraction of sp³-hybridized carbons (Fsp3) is 0.538. The zero-order chi connectivity index (χ0) is 14.3. The number of hydrogen-bond donors (Lipinski definition) is 2. The van der Waals surface area contributed by atoms with Gasteiger partial charge in [-0.25, -0.2) is 0 Å². The second-order valence-corrected chi connectivity index (χ2v) is 4.28. The fourth-order valence-corrected chi connectivity index (χ4v) is 1.53. The minimum atomic E-state index is -4.64. The molecule has 3 nitrogen and oxygen atoms in total. The van der Waals surface area contributed by atoms with Crippen LogP contribution in [0.2, 0.25) is 0 Å². The van der Waals surface area contributed by atoms with Gasteiger partial charge in [-0.3, -0.25) is 0 Å². The maximum absolute atomic E-state index is 12.0. The molecule has 0 aliphatic carbocycles. The first-order chi connectivity index (χ1) is 8.90. The number of alkyl halides is 3. The van der Waals surface area contributed by atoms with Gasteiger partial charge in [-0.05, 0) is 31.2 Å². The van der Waals surface area contributed by atoms with E-state index in [2.05, 4.69) is 15.4 Å². The lowest BCUT2D eigenvalue weighted by molar-refractivity contribution is -0.274. The lowest BCUT2D eigenvalue weighted by Crippen LogP contribution is -2.35. The Morgan fingerprint density at radius 3 is 2.37 bits per heavy atom. The Bertz CT molecular complexity index is 365. The SMILES string of the molecule is CCNCC(C)NCc1ccc(OC(F)(F)F)cc1. The van der Waals surface area contributed by atoms with Crippen LogP contribution in [0.5, 0.6) is 5.75 Å². The zero-order valence-corrected chi connectivity index (χ0v) is 11.1. The molecule has 1 unspecified atom stereocenters. The molecule has 1 aromatic carbocycles. The molecular weight excluding hydrogens is 257 g/mol. The lowest BCUT2D eigenvalue weighted by Gasteiger charge is -2.14. The molecule has 0 heterocycles. The summed E-state index contributed by atoms with van der Waals surface area (Å²) in [4.78, 5) is 0. The van der Waals surface area contributed by atoms with Crippen molar-refractivity contribution in [2.75, 3.05) is 13.1 Å². The summed E-state index contributed by atoms with van der Waals surface area (Å²) in [6.07, 6.45) is -4.64. The minimum Gasteiger partial charge on any atom is -0.406 e. The Morgan fingerprint density at radius 1 is 1.21 bits per heavy atom. The first kappa shape index (κ1) is 15.8. The molecule has 0 aliphatic rings. The van der Waals surface area contributed by atoms with E-state index in [0.29, 0.717) is 12.6 Å². The van der Waals surface area contributed by atoms with E-state index in [0.717, 1.165) is 18.7 Å². The minimum absolute atomic E-state index is 0.197. The van der Waals surface area contributed by atoms with Crippen LogP contribution < -0.4 is 15.4 Å². The molecule has 0 saturated carbocycles. The van der Waals surface area contributed by atoms with Crippen molar-refractivity contribution >= 4 is 0 Å². The summed E-state index contributed by atoms with van der Waals surface area (Å²) in [7, 11) is 0. The molecule has 19 heavy (non-hydrogen) atoms. The van der Waals surface area contributed by atoms with Gasteiger partial charge in [-0.1, -0.05) is 19.1 Å². The Balaban J connectivity index is 2.40. The number of benzene rings is 1. The van der Waals surface area contributed by atoms with Gasteiger partial charge in [-0.15, -0.1) is 13.2 Å². The van der Waals surface area contributed by atoms with Crippen molar-refractivity contribution in [2.45, 2.75) is 32.8 Å². The van der Waals surface area contributed by atoms with Gasteiger partial charge in [0.15, 0.2) is 0 Å². The van der Waals surface area contributed by atoms with Gasteiger partial charge in [-0.2, -0.15) is 0 Å². The number of rotatable bonds is 7. The van der Waals surface area contributed by atoms with Crippen molar-refractivity contribution in [3.63, 3.8) is 0 Å². The molecule has 6 heteroatoms. The van der Waals surface area contributed by atoms with E-state index in [1.165, 1.54) is 12.1 Å². The van der Waals surface area contributed by atoms with Gasteiger partial charge >= 0.3 is 6.36 Å². The van der Waals surface area contributed by atoms with Gasteiger partial charge < -0.3 is 15.4 Å². The van der Waals surface area contributed by atoms with E-state index >= 15 is 0 Å². The third kappa shape index (κ3) is 7.03. The first-order valence-electron chi connectivity index (χ1n) is 6.19. The number of ether oxygens (including phenoxy) is 1. The summed E-state index contributed by atoms with van der Waals surface area (Å²) in [5, 5.41) is 6.49. The molecular formula is C13H19F3N2O. The maximum Gasteiger partial charge on any atom is 0.573 e. The van der Waals surface area contributed by atoms with E-state index in [4.69, 9.17) is 0 Å². The second kappa shape index (κ2) is 7.35. The molecule has 1 rings (SSSR count). The van der Waals surface area contributed by atoms with Crippen molar-refractivity contribution in [3.05, 3.63) is 29.8 Å². The maximum atomic E-state index is 12.0. The predicted molar refractivity (Wildman–Crippen MR) is 68.0 cm³/mol. The predicted octanol–water partition coefficient (Wildman–Crippen LogP) is 2.67. The number of nitrogens with one attached hydrogen (secondary N) is 2. The lowest BCUT2D eigenvalue weighted by atomic mass is 10.2. The molecule has 108 valence electrons. The van der Waals surface area contributed by atoms with E-state index in [1.54, 1.807) is 12.1 Å². The molecule has 1 atom stereocenters. The molecule has 0 bridgehead atoms. The van der Waals surface area contributed by atoms with Gasteiger partial charge in [0.25, 0.3) is 0 Å². The molecule has 0 aliphatic heterocycles. The Kier molecular flexibility index (Phi) is 6.11. The van der Waals surface area contributed by atoms with Gasteiger partial charge in [0.1, 0.15) is 5.75 Å². The highest BCUT2D eigenvalue weighted by Gasteiger charge is 2.30. The first-order valence-corrected chi connectivity index (χ1v) is 6.19. The Labute approximate surface area is 111 Å². The van der Waals surface area contributed by atoms with E-state index in [1.807, 2.05) is 13.8 Å². The number of halogens is 3. The summed E-state index contributed by atoms with van der Waals surface area (Å²) in [6.45, 7) is 6.45. The van der Waals surface area contributed by atoms with Gasteiger partial charge in [0.2, 0.25) is 0 Å². The van der Waals surface area contributed by atoms with E-state index in [-0.39, 0.29) is 5.75 Å².